The Morgan fingerprint density at radius 2 is 1.44 bits per heavy atom. The number of halogens is 4. The van der Waals surface area contributed by atoms with Crippen LogP contribution < -0.4 is 19.3 Å². The van der Waals surface area contributed by atoms with Crippen LogP contribution in [-0.4, -0.2) is 224 Å². The average molecular weight is 1270 g/mol. The summed E-state index contributed by atoms with van der Waals surface area (Å²) in [6, 6.07) is 6.79. The lowest BCUT2D eigenvalue weighted by atomic mass is 9.73. The Morgan fingerprint density at radius 3 is 2.13 bits per heavy atom. The van der Waals surface area contributed by atoms with Gasteiger partial charge >= 0.3 is 5.97 Å². The molecule has 86 heavy (non-hydrogen) atoms. The van der Waals surface area contributed by atoms with Gasteiger partial charge in [-0.15, -0.1) is 5.10 Å². The van der Waals surface area contributed by atoms with Gasteiger partial charge in [0.25, 0.3) is 0 Å². The smallest absolute Gasteiger partial charge is 0.313 e. The minimum absolute atomic E-state index is 0.0352. The maximum Gasteiger partial charge on any atom is 0.313 e. The lowest BCUT2D eigenvalue weighted by Gasteiger charge is -2.55. The third-order valence-electron chi connectivity index (χ3n) is 13.7. The molecule has 0 aliphatic carbocycles. The molecule has 4 aromatic heterocycles. The first-order chi connectivity index (χ1) is 41.7. The molecule has 0 amide bonds. The van der Waals surface area contributed by atoms with Crippen molar-refractivity contribution >= 4 is 74.7 Å². The molecule has 0 saturated carbocycles. The van der Waals surface area contributed by atoms with Gasteiger partial charge in [-0.2, -0.15) is 15.1 Å². The molecule has 2 aromatic carbocycles. The minimum Gasteiger partial charge on any atom is -0.491 e. The molecule has 3 fully saturated rings. The first-order valence-electron chi connectivity index (χ1n) is 28.1. The number of hydrogen-bond donors (Lipinski definition) is 3. The third kappa shape index (κ3) is 19.4. The number of nitrogens with zero attached hydrogens (tertiary/aromatic N) is 10. The van der Waals surface area contributed by atoms with Gasteiger partial charge in [0.15, 0.2) is 28.6 Å². The van der Waals surface area contributed by atoms with Crippen molar-refractivity contribution in [3.05, 3.63) is 71.2 Å². The summed E-state index contributed by atoms with van der Waals surface area (Å²) in [5, 5.41) is 25.4. The van der Waals surface area contributed by atoms with Crippen molar-refractivity contribution in [2.45, 2.75) is 57.3 Å². The zero-order valence-electron chi connectivity index (χ0n) is 47.3. The maximum atomic E-state index is 13.6. The highest BCUT2D eigenvalue weighted by atomic mass is 35.5. The van der Waals surface area contributed by atoms with Gasteiger partial charge in [0.2, 0.25) is 11.0 Å². The van der Waals surface area contributed by atoms with Crippen LogP contribution >= 0.6 is 30.3 Å². The molecule has 7 heterocycles. The fraction of sp³-hybridized carbons (Fsp3) is 0.593. The largest absolute Gasteiger partial charge is 0.491 e. The van der Waals surface area contributed by atoms with Gasteiger partial charge in [0, 0.05) is 50.1 Å². The van der Waals surface area contributed by atoms with E-state index in [0.29, 0.717) is 134 Å². The average Bonchev–Trinajstić information content (AvgIpc) is 1.34. The number of esters is 1. The molecule has 3 aliphatic rings. The second kappa shape index (κ2) is 32.3. The van der Waals surface area contributed by atoms with E-state index in [9.17, 15) is 32.9 Å². The molecule has 3 saturated heterocycles. The molecule has 0 radical (unpaired) electrons. The van der Waals surface area contributed by atoms with Crippen LogP contribution in [-0.2, 0) is 65.3 Å². The summed E-state index contributed by atoms with van der Waals surface area (Å²) in [4.78, 5) is 49.6. The highest BCUT2D eigenvalue weighted by molar-refractivity contribution is 7.62. The zero-order valence-corrected chi connectivity index (χ0v) is 49.7. The summed E-state index contributed by atoms with van der Waals surface area (Å²) in [7, 11) is -3.34. The number of hydrogen-bond acceptors (Lipinski definition) is 25. The highest BCUT2D eigenvalue weighted by Gasteiger charge is 2.48. The lowest BCUT2D eigenvalue weighted by Crippen LogP contribution is -2.63. The number of carbonyl (C=O) groups excluding carboxylic acids is 1. The normalized spacial score (nSPS) is 17.8. The first kappa shape index (κ1) is 65.2. The molecule has 6 aromatic rings. The van der Waals surface area contributed by atoms with Crippen molar-refractivity contribution in [2.75, 3.05) is 155 Å². The summed E-state index contributed by atoms with van der Waals surface area (Å²) >= 11 is 8.15. The van der Waals surface area contributed by atoms with E-state index in [1.54, 1.807) is 28.4 Å². The predicted octanol–water partition coefficient (Wildman–Crippen LogP) is 4.80. The van der Waals surface area contributed by atoms with Gasteiger partial charge in [-0.1, -0.05) is 16.6 Å². The van der Waals surface area contributed by atoms with Crippen LogP contribution in [0.5, 0.6) is 11.5 Å². The molecule has 472 valence electrons. The van der Waals surface area contributed by atoms with Gasteiger partial charge < -0.3 is 81.5 Å². The number of aliphatic hydroxyl groups excluding tert-OH is 1. The number of rotatable bonds is 38. The number of fused-ring (bicyclic) bond motifs is 2. The van der Waals surface area contributed by atoms with Gasteiger partial charge in [0.05, 0.1) is 159 Å². The molecule has 26 nitrogen and oxygen atoms in total. The topological polar surface area (TPSA) is 282 Å². The fourth-order valence-electron chi connectivity index (χ4n) is 9.80. The summed E-state index contributed by atoms with van der Waals surface area (Å²) in [5.41, 5.74) is 2.08. The number of benzene rings is 2. The summed E-state index contributed by atoms with van der Waals surface area (Å²) in [5.74, 6) is -4.19. The van der Waals surface area contributed by atoms with Crippen LogP contribution in [0.25, 0.3) is 21.3 Å². The summed E-state index contributed by atoms with van der Waals surface area (Å²) < 4.78 is 111. The Morgan fingerprint density at radius 1 is 0.802 bits per heavy atom. The number of anilines is 2. The Labute approximate surface area is 502 Å². The van der Waals surface area contributed by atoms with Gasteiger partial charge in [-0.3, -0.25) is 4.79 Å². The van der Waals surface area contributed by atoms with Crippen LogP contribution in [0.4, 0.5) is 24.1 Å². The van der Waals surface area contributed by atoms with Crippen molar-refractivity contribution in [3.8, 4) is 11.5 Å². The molecule has 9 rings (SSSR count). The SMILES string of the molecule is C=P(O)(O)COC[C@@H]1C[C@@H](O)[C@H](n2ncc3c(N4CC5(CCCN(c6nc7ccc(OCCOCCOCCOCCOCc8cn(CCOCCOCCOCCOCCC(=O)Oc9c(F)cc(F)cc9F)nn8)cc7s6)C5)C4)nc(Cl)nc32)O1. The van der Waals surface area contributed by atoms with Gasteiger partial charge in [-0.25, -0.2) is 27.5 Å². The second-order valence-electron chi connectivity index (χ2n) is 20.6. The van der Waals surface area contributed by atoms with Crippen molar-refractivity contribution in [1.29, 1.82) is 0 Å². The van der Waals surface area contributed by atoms with Crippen molar-refractivity contribution in [3.63, 3.8) is 0 Å². The number of ether oxygens (including phenoxy) is 12. The quantitative estimate of drug-likeness (QED) is 0.0154. The molecule has 3 atom stereocenters. The van der Waals surface area contributed by atoms with Crippen LogP contribution in [0.15, 0.2) is 42.7 Å². The fourth-order valence-corrected chi connectivity index (χ4v) is 11.4. The number of aliphatic hydroxyl groups is 1. The molecule has 0 unspecified atom stereocenters. The van der Waals surface area contributed by atoms with E-state index in [1.807, 2.05) is 18.2 Å². The maximum absolute atomic E-state index is 13.6. The third-order valence-corrected chi connectivity index (χ3v) is 15.6. The zero-order chi connectivity index (χ0) is 60.3. The van der Waals surface area contributed by atoms with Crippen LogP contribution in [0.2, 0.25) is 5.28 Å². The van der Waals surface area contributed by atoms with E-state index in [-0.39, 0.29) is 56.3 Å². The standard InChI is InChI=1S/C54H71ClF3N10O16PS/c1-85(71,72)36-81-32-40-27-45(69)51(83-40)68-50-41(29-59-68)49(61-52(55)62-50)66-34-54(35-66)6-2-7-65(33-54)53-60-44-4-3-39(28-46(44)86-53)82-24-23-79-20-19-77-17-18-78-21-22-80-31-38-30-67(64-63-38)8-10-74-12-14-76-16-15-75-13-11-73-9-5-47(70)84-48-42(57)25-37(56)26-43(48)58/h3-4,25-26,28-30,40,45,51,69,71-72H,1-2,5-24,27,31-36H2/t40-,45+,51+/m0/s1. The van der Waals surface area contributed by atoms with Crippen LogP contribution in [0.1, 0.15) is 37.6 Å². The van der Waals surface area contributed by atoms with E-state index in [1.165, 1.54) is 4.68 Å². The second-order valence-corrected chi connectivity index (χ2v) is 23.9. The molecule has 0 bridgehead atoms. The van der Waals surface area contributed by atoms with Crippen LogP contribution in [0.3, 0.4) is 0 Å². The minimum atomic E-state index is -3.34. The van der Waals surface area contributed by atoms with Crippen molar-refractivity contribution in [2.24, 2.45) is 5.41 Å². The highest BCUT2D eigenvalue weighted by Crippen LogP contribution is 2.45. The number of carbonyl (C=O) groups is 1. The van der Waals surface area contributed by atoms with Crippen molar-refractivity contribution in [1.82, 2.24) is 39.7 Å². The van der Waals surface area contributed by atoms with E-state index in [2.05, 4.69) is 46.2 Å². The molecular formula is C54H71ClF3N10O16PS. The van der Waals surface area contributed by atoms with E-state index < -0.39 is 54.9 Å². The number of thiazole rings is 1. The number of piperidine rings is 1. The van der Waals surface area contributed by atoms with E-state index in [0.717, 1.165) is 60.1 Å². The Bertz CT molecular complexity index is 3140. The van der Waals surface area contributed by atoms with Crippen molar-refractivity contribution < 1.29 is 89.7 Å². The Balaban J connectivity index is 0.551. The van der Waals surface area contributed by atoms with Gasteiger partial charge in [-0.05, 0) is 48.9 Å². The monoisotopic (exact) mass is 1270 g/mol. The summed E-state index contributed by atoms with van der Waals surface area (Å²) in [6.07, 6.45) is 6.36. The molecule has 32 heteroatoms. The van der Waals surface area contributed by atoms with Crippen LogP contribution in [0, 0.1) is 22.9 Å². The van der Waals surface area contributed by atoms with Gasteiger partial charge in [0.1, 0.15) is 49.5 Å². The van der Waals surface area contributed by atoms with E-state index >= 15 is 0 Å². The lowest BCUT2D eigenvalue weighted by molar-refractivity contribution is -0.136. The Hall–Kier alpha value is -5.25. The predicted molar refractivity (Wildman–Crippen MR) is 307 cm³/mol. The Kier molecular flexibility index (Phi) is 24.5. The summed E-state index contributed by atoms with van der Waals surface area (Å²) in [6.45, 7) is 9.62. The van der Waals surface area contributed by atoms with E-state index in [4.69, 9.17) is 68.7 Å². The first-order valence-corrected chi connectivity index (χ1v) is 31.3. The number of aromatic nitrogens is 8. The molecule has 1 spiro atoms. The molecular weight excluding hydrogens is 1200 g/mol. The molecule has 3 N–H and O–H groups in total. The molecule has 3 aliphatic heterocycles.